The topological polar surface area (TPSA) is 52.6 Å². The average Bonchev–Trinajstić information content (AvgIpc) is 2.14. The number of carbonyl (C=O) groups excluding carboxylic acids is 2. The maximum Gasteiger partial charge on any atom is 0.302 e. The minimum atomic E-state index is -0.220. The van der Waals surface area contributed by atoms with Crippen molar-refractivity contribution in [1.29, 1.82) is 0 Å². The first-order chi connectivity index (χ1) is 7.52. The van der Waals surface area contributed by atoms with Crippen LogP contribution in [-0.4, -0.2) is 24.6 Å². The molecule has 0 amide bonds. The molecule has 16 heavy (non-hydrogen) atoms. The van der Waals surface area contributed by atoms with Crippen LogP contribution in [0.25, 0.3) is 0 Å². The minimum absolute atomic E-state index is 0.00553. The van der Waals surface area contributed by atoms with Crippen LogP contribution in [0.4, 0.5) is 0 Å². The van der Waals surface area contributed by atoms with Crippen LogP contribution in [0.15, 0.2) is 0 Å². The first-order valence-corrected chi connectivity index (χ1v) is 5.83. The maximum atomic E-state index is 10.6. The highest BCUT2D eigenvalue weighted by atomic mass is 16.5. The van der Waals surface area contributed by atoms with Crippen molar-refractivity contribution in [1.82, 2.24) is 0 Å². The molecule has 0 fully saturated rings. The van der Waals surface area contributed by atoms with Gasteiger partial charge in [-0.2, -0.15) is 0 Å². The van der Waals surface area contributed by atoms with E-state index in [1.54, 1.807) is 0 Å². The zero-order valence-corrected chi connectivity index (χ0v) is 10.5. The molecule has 4 heteroatoms. The molecule has 0 saturated heterocycles. The summed E-state index contributed by atoms with van der Waals surface area (Å²) in [4.78, 5) is 21.1. The standard InChI is InChI=1S/C12H22O4/c1-10(16-12(3)14)8-6-4-5-7-9-15-11(2)13/h10H,4-9H2,1-3H3/t10-/m0/s1. The summed E-state index contributed by atoms with van der Waals surface area (Å²) in [6.45, 7) is 5.26. The summed E-state index contributed by atoms with van der Waals surface area (Å²) < 4.78 is 9.81. The molecule has 0 spiro atoms. The Balaban J connectivity index is 3.20. The van der Waals surface area contributed by atoms with E-state index in [9.17, 15) is 9.59 Å². The monoisotopic (exact) mass is 230 g/mol. The van der Waals surface area contributed by atoms with Gasteiger partial charge in [-0.25, -0.2) is 0 Å². The summed E-state index contributed by atoms with van der Waals surface area (Å²) in [5.74, 6) is -0.439. The number of unbranched alkanes of at least 4 members (excludes halogenated alkanes) is 3. The number of rotatable bonds is 8. The normalized spacial score (nSPS) is 11.9. The van der Waals surface area contributed by atoms with Crippen LogP contribution >= 0.6 is 0 Å². The van der Waals surface area contributed by atoms with Gasteiger partial charge in [0.25, 0.3) is 0 Å². The van der Waals surface area contributed by atoms with Crippen molar-refractivity contribution < 1.29 is 19.1 Å². The lowest BCUT2D eigenvalue weighted by atomic mass is 10.1. The molecule has 0 bridgehead atoms. The first-order valence-electron chi connectivity index (χ1n) is 5.83. The van der Waals surface area contributed by atoms with Gasteiger partial charge < -0.3 is 9.47 Å². The fraction of sp³-hybridized carbons (Fsp3) is 0.833. The van der Waals surface area contributed by atoms with Gasteiger partial charge in [0.1, 0.15) is 0 Å². The third kappa shape index (κ3) is 11.0. The molecule has 4 nitrogen and oxygen atoms in total. The minimum Gasteiger partial charge on any atom is -0.466 e. The van der Waals surface area contributed by atoms with Gasteiger partial charge in [-0.15, -0.1) is 0 Å². The van der Waals surface area contributed by atoms with Crippen LogP contribution < -0.4 is 0 Å². The summed E-state index contributed by atoms with van der Waals surface area (Å²) >= 11 is 0. The molecule has 0 rings (SSSR count). The third-order valence-electron chi connectivity index (χ3n) is 2.18. The summed E-state index contributed by atoms with van der Waals surface area (Å²) in [6, 6.07) is 0. The molecule has 0 aliphatic heterocycles. The van der Waals surface area contributed by atoms with E-state index in [0.29, 0.717) is 6.61 Å². The van der Waals surface area contributed by atoms with Crippen molar-refractivity contribution >= 4 is 11.9 Å². The SMILES string of the molecule is CC(=O)OCCCCCC[C@H](C)OC(C)=O. The van der Waals surface area contributed by atoms with Crippen LogP contribution in [0.2, 0.25) is 0 Å². The summed E-state index contributed by atoms with van der Waals surface area (Å²) in [6.07, 6.45) is 4.96. The Hall–Kier alpha value is -1.06. The maximum absolute atomic E-state index is 10.6. The van der Waals surface area contributed by atoms with E-state index in [2.05, 4.69) is 0 Å². The molecule has 0 unspecified atom stereocenters. The predicted molar refractivity (Wildman–Crippen MR) is 60.9 cm³/mol. The molecule has 0 aromatic heterocycles. The summed E-state index contributed by atoms with van der Waals surface area (Å²) in [5, 5.41) is 0. The number of carbonyl (C=O) groups is 2. The molecule has 0 aliphatic carbocycles. The number of hydrogen-bond donors (Lipinski definition) is 0. The Morgan fingerprint density at radius 1 is 1.00 bits per heavy atom. The highest BCUT2D eigenvalue weighted by Crippen LogP contribution is 2.08. The van der Waals surface area contributed by atoms with Crippen molar-refractivity contribution in [2.24, 2.45) is 0 Å². The molecule has 0 aromatic rings. The summed E-state index contributed by atoms with van der Waals surface area (Å²) in [7, 11) is 0. The summed E-state index contributed by atoms with van der Waals surface area (Å²) in [5.41, 5.74) is 0. The van der Waals surface area contributed by atoms with Crippen molar-refractivity contribution in [3.63, 3.8) is 0 Å². The van der Waals surface area contributed by atoms with Gasteiger partial charge >= 0.3 is 11.9 Å². The second kappa shape index (κ2) is 9.19. The van der Waals surface area contributed by atoms with E-state index in [0.717, 1.165) is 32.1 Å². The van der Waals surface area contributed by atoms with E-state index in [1.807, 2.05) is 6.92 Å². The molecule has 1 atom stereocenters. The van der Waals surface area contributed by atoms with E-state index >= 15 is 0 Å². The van der Waals surface area contributed by atoms with Gasteiger partial charge in [-0.3, -0.25) is 9.59 Å². The van der Waals surface area contributed by atoms with Crippen molar-refractivity contribution in [3.8, 4) is 0 Å². The molecule has 0 N–H and O–H groups in total. The van der Waals surface area contributed by atoms with Gasteiger partial charge in [-0.1, -0.05) is 12.8 Å². The third-order valence-corrected chi connectivity index (χ3v) is 2.18. The second-order valence-electron chi connectivity index (χ2n) is 3.96. The molecular formula is C12H22O4. The second-order valence-corrected chi connectivity index (χ2v) is 3.96. The van der Waals surface area contributed by atoms with Crippen molar-refractivity contribution in [2.75, 3.05) is 6.61 Å². The Kier molecular flexibility index (Phi) is 8.58. The van der Waals surface area contributed by atoms with Gasteiger partial charge in [0.15, 0.2) is 0 Å². The number of hydrogen-bond acceptors (Lipinski definition) is 4. The molecule has 94 valence electrons. The highest BCUT2D eigenvalue weighted by molar-refractivity contribution is 5.66. The fourth-order valence-corrected chi connectivity index (χ4v) is 1.45. The highest BCUT2D eigenvalue weighted by Gasteiger charge is 2.04. The van der Waals surface area contributed by atoms with E-state index in [-0.39, 0.29) is 18.0 Å². The molecular weight excluding hydrogens is 208 g/mol. The van der Waals surface area contributed by atoms with Crippen LogP contribution in [0.5, 0.6) is 0 Å². The van der Waals surface area contributed by atoms with Crippen LogP contribution in [0.3, 0.4) is 0 Å². The van der Waals surface area contributed by atoms with E-state index in [4.69, 9.17) is 9.47 Å². The fourth-order valence-electron chi connectivity index (χ4n) is 1.45. The Bertz CT molecular complexity index is 213. The van der Waals surface area contributed by atoms with E-state index < -0.39 is 0 Å². The molecule has 0 saturated carbocycles. The van der Waals surface area contributed by atoms with Crippen LogP contribution in [0, 0.1) is 0 Å². The molecule has 0 heterocycles. The van der Waals surface area contributed by atoms with Crippen molar-refractivity contribution in [3.05, 3.63) is 0 Å². The van der Waals surface area contributed by atoms with Gasteiger partial charge in [0, 0.05) is 13.8 Å². The van der Waals surface area contributed by atoms with Crippen LogP contribution in [-0.2, 0) is 19.1 Å². The van der Waals surface area contributed by atoms with Crippen molar-refractivity contribution in [2.45, 2.75) is 59.0 Å². The molecule has 0 aliphatic rings. The van der Waals surface area contributed by atoms with E-state index in [1.165, 1.54) is 13.8 Å². The lowest BCUT2D eigenvalue weighted by Gasteiger charge is -2.11. The average molecular weight is 230 g/mol. The van der Waals surface area contributed by atoms with Gasteiger partial charge in [0.05, 0.1) is 12.7 Å². The lowest BCUT2D eigenvalue weighted by Crippen LogP contribution is -2.11. The smallest absolute Gasteiger partial charge is 0.302 e. The Morgan fingerprint density at radius 3 is 2.19 bits per heavy atom. The quantitative estimate of drug-likeness (QED) is 0.475. The zero-order chi connectivity index (χ0) is 12.4. The van der Waals surface area contributed by atoms with Crippen LogP contribution in [0.1, 0.15) is 52.9 Å². The number of esters is 2. The largest absolute Gasteiger partial charge is 0.466 e. The van der Waals surface area contributed by atoms with Gasteiger partial charge in [-0.05, 0) is 26.2 Å². The first kappa shape index (κ1) is 14.9. The molecule has 0 radical (unpaired) electrons. The predicted octanol–water partition coefficient (Wildman–Crippen LogP) is 2.45. The van der Waals surface area contributed by atoms with Gasteiger partial charge in [0.2, 0.25) is 0 Å². The lowest BCUT2D eigenvalue weighted by molar-refractivity contribution is -0.145. The zero-order valence-electron chi connectivity index (χ0n) is 10.5. The Labute approximate surface area is 97.3 Å². The molecule has 0 aromatic carbocycles. The Morgan fingerprint density at radius 2 is 1.62 bits per heavy atom. The number of ether oxygens (including phenoxy) is 2.